The fraction of sp³-hybridized carbons (Fsp3) is 0. The van der Waals surface area contributed by atoms with Crippen LogP contribution in [0.25, 0.3) is 299 Å². The lowest BCUT2D eigenvalue weighted by Gasteiger charge is -2.12. The molecule has 0 aliphatic carbocycles. The third kappa shape index (κ3) is 15.0. The molecule has 0 saturated heterocycles. The Morgan fingerprint density at radius 3 is 0.628 bits per heavy atom. The van der Waals surface area contributed by atoms with Gasteiger partial charge in [-0.15, -0.1) is 45.3 Å². The van der Waals surface area contributed by atoms with Crippen molar-refractivity contribution in [3.8, 4) is 89.0 Å². The molecule has 148 heavy (non-hydrogen) atoms. The van der Waals surface area contributed by atoms with E-state index in [0.717, 1.165) is 0 Å². The standard InChI is InChI=1S/4C36H22S/c1-2-10-29-27(8-1)28-9-3-4-11-30(28)34-22-25(20-21-31(29)34)23-16-18-24(19-17-23)26-13-7-14-33-32-12-5-6-15-35(32)37-36(26)33;1-2-10-29-27(8-1)28-9-3-4-11-30(28)33-22-25(20-21-31(29)33)23-16-18-24(19-17-23)26-13-7-15-35-36(26)32-12-5-6-14-34(32)37-35;1-2-9-29-27(7-1)28-8-3-4-10-30(28)33-21-25(17-19-31(29)33)23-13-15-24(16-14-23)26-18-20-36-34(22-26)32-11-5-6-12-35(32)37-36;1-2-9-29-27(7-1)28-8-3-4-10-30(28)34-21-25(17-19-31(29)34)23-13-15-24(16-14-23)26-18-20-33-32-11-5-6-12-35(32)37-36(33)22-26/h4*1-22H. The molecule has 28 aromatic carbocycles. The van der Waals surface area contributed by atoms with Gasteiger partial charge in [-0.25, -0.2) is 0 Å². The number of thiophene rings is 4. The van der Waals surface area contributed by atoms with Crippen LogP contribution in [0.2, 0.25) is 0 Å². The molecular formula is C144H88S4. The number of fused-ring (bicyclic) bond motifs is 36. The molecule has 4 heterocycles. The summed E-state index contributed by atoms with van der Waals surface area (Å²) in [5.74, 6) is 0. The van der Waals surface area contributed by atoms with Gasteiger partial charge < -0.3 is 0 Å². The summed E-state index contributed by atoms with van der Waals surface area (Å²) in [6.45, 7) is 0. The van der Waals surface area contributed by atoms with Crippen molar-refractivity contribution in [1.29, 1.82) is 0 Å². The lowest BCUT2D eigenvalue weighted by Crippen LogP contribution is -1.85. The fourth-order valence-corrected chi connectivity index (χ4v) is 28.1. The zero-order valence-corrected chi connectivity index (χ0v) is 83.7. The number of rotatable bonds is 8. The number of hydrogen-bond acceptors (Lipinski definition) is 4. The second kappa shape index (κ2) is 36.2. The summed E-state index contributed by atoms with van der Waals surface area (Å²) < 4.78 is 10.8. The first-order valence-electron chi connectivity index (χ1n) is 50.8. The second-order valence-corrected chi connectivity index (χ2v) is 43.2. The van der Waals surface area contributed by atoms with Gasteiger partial charge in [0.25, 0.3) is 0 Å². The van der Waals surface area contributed by atoms with Gasteiger partial charge in [0.1, 0.15) is 0 Å². The van der Waals surface area contributed by atoms with E-state index in [0.29, 0.717) is 0 Å². The van der Waals surface area contributed by atoms with Gasteiger partial charge in [0.15, 0.2) is 0 Å². The number of hydrogen-bond donors (Lipinski definition) is 0. The largest absolute Gasteiger partial charge is 0.135 e. The van der Waals surface area contributed by atoms with Crippen LogP contribution in [0.5, 0.6) is 0 Å². The predicted octanol–water partition coefficient (Wildman–Crippen LogP) is 43.4. The molecule has 0 radical (unpaired) electrons. The molecule has 0 aliphatic rings. The summed E-state index contributed by atoms with van der Waals surface area (Å²) in [5.41, 5.74) is 20.1. The SMILES string of the molecule is c1ccc2c(c1)sc1c(-c3ccc(-c4ccc5c6ccccc6c6ccccc6c5c4)cc3)cccc12.c1ccc2c(c1)sc1cc(-c3ccc(-c4ccc5c6ccccc6c6ccccc6c5c4)cc3)ccc12.c1ccc2c(c1)sc1ccc(-c3ccc(-c4ccc5c6ccccc6c6ccccc6c5c4)cc3)cc12.c1ccc2c(c1)sc1cccc(-c3ccc(-c4ccc5c6ccccc6c6ccccc6c5c4)cc3)c12. The van der Waals surface area contributed by atoms with E-state index >= 15 is 0 Å². The van der Waals surface area contributed by atoms with Crippen molar-refractivity contribution < 1.29 is 0 Å². The monoisotopic (exact) mass is 1940 g/mol. The molecule has 0 amide bonds. The molecule has 688 valence electrons. The molecule has 4 aromatic heterocycles. The fourth-order valence-electron chi connectivity index (χ4n) is 23.5. The lowest BCUT2D eigenvalue weighted by molar-refractivity contribution is 1.62. The average Bonchev–Trinajstić information content (AvgIpc) is 1.50. The second-order valence-electron chi connectivity index (χ2n) is 38.9. The molecule has 32 rings (SSSR count). The van der Waals surface area contributed by atoms with Crippen molar-refractivity contribution in [2.75, 3.05) is 0 Å². The van der Waals surface area contributed by atoms with E-state index < -0.39 is 0 Å². The first kappa shape index (κ1) is 86.8. The van der Waals surface area contributed by atoms with Crippen LogP contribution >= 0.6 is 45.3 Å². The highest BCUT2D eigenvalue weighted by Gasteiger charge is 2.21. The van der Waals surface area contributed by atoms with E-state index in [1.54, 1.807) is 0 Å². The topological polar surface area (TPSA) is 0 Å². The van der Waals surface area contributed by atoms with Crippen LogP contribution in [-0.4, -0.2) is 0 Å². The Hall–Kier alpha value is -17.8. The minimum absolute atomic E-state index is 1.24. The Balaban J connectivity index is 0.0000000930. The van der Waals surface area contributed by atoms with Gasteiger partial charge in [-0.3, -0.25) is 0 Å². The molecule has 0 unspecified atom stereocenters. The molecule has 4 heteroatoms. The molecule has 0 fully saturated rings. The van der Waals surface area contributed by atoms with Gasteiger partial charge in [0, 0.05) is 80.7 Å². The van der Waals surface area contributed by atoms with E-state index in [2.05, 4.69) is 534 Å². The van der Waals surface area contributed by atoms with Gasteiger partial charge in [-0.2, -0.15) is 0 Å². The molecule has 0 saturated carbocycles. The first-order chi connectivity index (χ1) is 73.4. The van der Waals surface area contributed by atoms with Gasteiger partial charge in [0.05, 0.1) is 0 Å². The summed E-state index contributed by atoms with van der Waals surface area (Å²) in [6.07, 6.45) is 0. The normalized spacial score (nSPS) is 11.8. The Labute approximate surface area is 870 Å². The first-order valence-corrected chi connectivity index (χ1v) is 54.0. The Morgan fingerprint density at radius 2 is 0.277 bits per heavy atom. The minimum Gasteiger partial charge on any atom is -0.135 e. The highest BCUT2D eigenvalue weighted by molar-refractivity contribution is 7.27. The lowest BCUT2D eigenvalue weighted by atomic mass is 9.91. The Bertz CT molecular complexity index is 10800. The van der Waals surface area contributed by atoms with Crippen molar-refractivity contribution in [1.82, 2.24) is 0 Å². The van der Waals surface area contributed by atoms with Gasteiger partial charge >= 0.3 is 0 Å². The van der Waals surface area contributed by atoms with Crippen LogP contribution < -0.4 is 0 Å². The van der Waals surface area contributed by atoms with Gasteiger partial charge in [-0.1, -0.05) is 461 Å². The van der Waals surface area contributed by atoms with Crippen molar-refractivity contribution in [3.05, 3.63) is 534 Å². The molecule has 32 aromatic rings. The zero-order valence-electron chi connectivity index (χ0n) is 80.4. The molecule has 0 aliphatic heterocycles. The predicted molar refractivity (Wildman–Crippen MR) is 651 cm³/mol. The molecule has 0 nitrogen and oxygen atoms in total. The smallest absolute Gasteiger partial charge is 0.0433 e. The number of benzene rings is 28. The molecule has 0 spiro atoms. The average molecular weight is 1950 g/mol. The Kier molecular flexibility index (Phi) is 21.2. The van der Waals surface area contributed by atoms with Crippen LogP contribution in [0.3, 0.4) is 0 Å². The zero-order chi connectivity index (χ0) is 97.4. The third-order valence-corrected chi connectivity index (χ3v) is 35.3. The van der Waals surface area contributed by atoms with Crippen molar-refractivity contribution in [2.24, 2.45) is 0 Å². The van der Waals surface area contributed by atoms with Crippen LogP contribution in [0.15, 0.2) is 534 Å². The molecule has 0 N–H and O–H groups in total. The van der Waals surface area contributed by atoms with E-state index in [4.69, 9.17) is 0 Å². The van der Waals surface area contributed by atoms with Crippen molar-refractivity contribution in [3.63, 3.8) is 0 Å². The third-order valence-electron chi connectivity index (χ3n) is 30.7. The van der Waals surface area contributed by atoms with E-state index in [9.17, 15) is 0 Å². The summed E-state index contributed by atoms with van der Waals surface area (Å²) in [4.78, 5) is 0. The molecule has 0 bridgehead atoms. The summed E-state index contributed by atoms with van der Waals surface area (Å²) in [7, 11) is 0. The van der Waals surface area contributed by atoms with Crippen LogP contribution in [0.4, 0.5) is 0 Å². The van der Waals surface area contributed by atoms with Crippen LogP contribution in [0.1, 0.15) is 0 Å². The van der Waals surface area contributed by atoms with Crippen molar-refractivity contribution >= 4 is 255 Å². The molecule has 0 atom stereocenters. The van der Waals surface area contributed by atoms with E-state index in [1.807, 2.05) is 45.3 Å². The highest BCUT2D eigenvalue weighted by Crippen LogP contribution is 2.49. The summed E-state index contributed by atoms with van der Waals surface area (Å²) in [5, 5.41) is 42.3. The highest BCUT2D eigenvalue weighted by atomic mass is 32.1. The van der Waals surface area contributed by atoms with Crippen LogP contribution in [-0.2, 0) is 0 Å². The molecular weight excluding hydrogens is 1860 g/mol. The maximum atomic E-state index is 2.37. The summed E-state index contributed by atoms with van der Waals surface area (Å²) in [6, 6.07) is 196. The van der Waals surface area contributed by atoms with Gasteiger partial charge in [0.2, 0.25) is 0 Å². The maximum Gasteiger partial charge on any atom is 0.0433 e. The minimum atomic E-state index is 1.24. The van der Waals surface area contributed by atoms with E-state index in [-0.39, 0.29) is 0 Å². The summed E-state index contributed by atoms with van der Waals surface area (Å²) >= 11 is 7.50. The van der Waals surface area contributed by atoms with Gasteiger partial charge in [-0.05, 0) is 291 Å². The van der Waals surface area contributed by atoms with Crippen LogP contribution in [0, 0.1) is 0 Å². The Morgan fingerprint density at radius 1 is 0.0878 bits per heavy atom. The quantitative estimate of drug-likeness (QED) is 0.133. The maximum absolute atomic E-state index is 2.37. The van der Waals surface area contributed by atoms with Crippen molar-refractivity contribution in [2.45, 2.75) is 0 Å². The van der Waals surface area contributed by atoms with E-state index in [1.165, 1.54) is 299 Å².